The number of hydrogen-bond acceptors (Lipinski definition) is 3. The fourth-order valence-corrected chi connectivity index (χ4v) is 2.28. The van der Waals surface area contributed by atoms with Crippen molar-refractivity contribution in [3.63, 3.8) is 0 Å². The first-order valence-corrected chi connectivity index (χ1v) is 6.76. The molecule has 1 N–H and O–H groups in total. The zero-order valence-corrected chi connectivity index (χ0v) is 11.5. The van der Waals surface area contributed by atoms with Gasteiger partial charge < -0.3 is 14.6 Å². The largest absolute Gasteiger partial charge is 0.486 e. The van der Waals surface area contributed by atoms with E-state index >= 15 is 0 Å². The van der Waals surface area contributed by atoms with Gasteiger partial charge in [0.25, 0.3) is 0 Å². The molecule has 2 rings (SSSR count). The topological polar surface area (TPSA) is 38.7 Å². The van der Waals surface area contributed by atoms with E-state index in [-0.39, 0.29) is 0 Å². The molecule has 1 heterocycles. The first kappa shape index (κ1) is 13.5. The lowest BCUT2D eigenvalue weighted by Gasteiger charge is -2.22. The van der Waals surface area contributed by atoms with Crippen LogP contribution < -0.4 is 9.47 Å². The molecule has 0 radical (unpaired) electrons. The molecule has 1 aromatic rings. The summed E-state index contributed by atoms with van der Waals surface area (Å²) in [5.74, 6) is 1.70. The molecule has 1 aliphatic heterocycles. The van der Waals surface area contributed by atoms with Gasteiger partial charge in [-0.15, -0.1) is 0 Å². The number of aliphatic hydroxyl groups is 1. The van der Waals surface area contributed by atoms with Crippen molar-refractivity contribution < 1.29 is 14.6 Å². The van der Waals surface area contributed by atoms with E-state index < -0.39 is 6.10 Å². The Kier molecular flexibility index (Phi) is 4.36. The summed E-state index contributed by atoms with van der Waals surface area (Å²) in [5.41, 5.74) is 0.796. The molecule has 2 atom stereocenters. The van der Waals surface area contributed by atoms with E-state index in [2.05, 4.69) is 13.8 Å². The van der Waals surface area contributed by atoms with Gasteiger partial charge in [-0.05, 0) is 30.0 Å². The molecule has 0 saturated carbocycles. The van der Waals surface area contributed by atoms with Crippen LogP contribution in [0.3, 0.4) is 0 Å². The fourth-order valence-electron chi connectivity index (χ4n) is 2.01. The van der Waals surface area contributed by atoms with Crippen LogP contribution in [-0.4, -0.2) is 18.3 Å². The molecular weight excluding hydrogens is 252 g/mol. The molecule has 3 nitrogen and oxygen atoms in total. The van der Waals surface area contributed by atoms with Crippen molar-refractivity contribution in [2.45, 2.75) is 32.8 Å². The Morgan fingerprint density at radius 3 is 2.78 bits per heavy atom. The van der Waals surface area contributed by atoms with Gasteiger partial charge in [-0.3, -0.25) is 0 Å². The van der Waals surface area contributed by atoms with Gasteiger partial charge in [-0.2, -0.15) is 0 Å². The molecule has 0 saturated heterocycles. The summed E-state index contributed by atoms with van der Waals surface area (Å²) >= 11 is 6.15. The molecule has 0 aromatic heterocycles. The van der Waals surface area contributed by atoms with Crippen molar-refractivity contribution in [1.82, 2.24) is 0 Å². The third kappa shape index (κ3) is 2.90. The van der Waals surface area contributed by atoms with Gasteiger partial charge in [0.05, 0.1) is 11.1 Å². The van der Waals surface area contributed by atoms with Crippen molar-refractivity contribution in [2.75, 3.05) is 13.2 Å². The molecule has 0 spiro atoms. The molecule has 1 aromatic carbocycles. The summed E-state index contributed by atoms with van der Waals surface area (Å²) in [4.78, 5) is 0. The van der Waals surface area contributed by atoms with Crippen LogP contribution in [0.15, 0.2) is 12.1 Å². The molecule has 100 valence electrons. The second-order valence-corrected chi connectivity index (χ2v) is 5.20. The van der Waals surface area contributed by atoms with E-state index in [1.807, 2.05) is 6.07 Å². The maximum atomic E-state index is 10.2. The van der Waals surface area contributed by atoms with Crippen molar-refractivity contribution in [2.24, 2.45) is 5.92 Å². The number of hydrogen-bond donors (Lipinski definition) is 1. The van der Waals surface area contributed by atoms with Crippen molar-refractivity contribution in [1.29, 1.82) is 0 Å². The van der Waals surface area contributed by atoms with Crippen LogP contribution in [0, 0.1) is 5.92 Å². The maximum absolute atomic E-state index is 10.2. The highest BCUT2D eigenvalue weighted by Crippen LogP contribution is 2.40. The molecule has 0 amide bonds. The monoisotopic (exact) mass is 270 g/mol. The van der Waals surface area contributed by atoms with E-state index in [0.717, 1.165) is 18.4 Å². The average molecular weight is 271 g/mol. The lowest BCUT2D eigenvalue weighted by Crippen LogP contribution is -2.16. The van der Waals surface area contributed by atoms with Crippen LogP contribution >= 0.6 is 11.6 Å². The van der Waals surface area contributed by atoms with E-state index in [1.54, 1.807) is 6.07 Å². The van der Waals surface area contributed by atoms with Crippen LogP contribution in [-0.2, 0) is 0 Å². The summed E-state index contributed by atoms with van der Waals surface area (Å²) in [7, 11) is 0. The third-order valence-corrected chi connectivity index (χ3v) is 3.61. The van der Waals surface area contributed by atoms with E-state index in [0.29, 0.717) is 35.7 Å². The van der Waals surface area contributed by atoms with E-state index in [9.17, 15) is 5.11 Å². The molecule has 0 aliphatic carbocycles. The first-order chi connectivity index (χ1) is 8.61. The maximum Gasteiger partial charge on any atom is 0.179 e. The SMILES string of the molecule is CCC(C)CC(O)c1cc(Cl)c2c(c1)OCCO2. The minimum Gasteiger partial charge on any atom is -0.486 e. The first-order valence-electron chi connectivity index (χ1n) is 6.39. The zero-order chi connectivity index (χ0) is 13.1. The number of ether oxygens (including phenoxy) is 2. The van der Waals surface area contributed by atoms with Gasteiger partial charge in [0.15, 0.2) is 11.5 Å². The molecule has 1 aliphatic rings. The van der Waals surface area contributed by atoms with Crippen molar-refractivity contribution in [3.8, 4) is 11.5 Å². The van der Waals surface area contributed by atoms with Gasteiger partial charge in [0.1, 0.15) is 13.2 Å². The van der Waals surface area contributed by atoms with Gasteiger partial charge in [-0.1, -0.05) is 31.9 Å². The fraction of sp³-hybridized carbons (Fsp3) is 0.571. The van der Waals surface area contributed by atoms with Gasteiger partial charge in [0.2, 0.25) is 0 Å². The van der Waals surface area contributed by atoms with Crippen molar-refractivity contribution in [3.05, 3.63) is 22.7 Å². The molecule has 0 bridgehead atoms. The predicted octanol–water partition coefficient (Wildman–Crippen LogP) is 3.58. The van der Waals surface area contributed by atoms with E-state index in [4.69, 9.17) is 21.1 Å². The zero-order valence-electron chi connectivity index (χ0n) is 10.8. The molecule has 18 heavy (non-hydrogen) atoms. The van der Waals surface area contributed by atoms with Crippen LogP contribution in [0.5, 0.6) is 11.5 Å². The number of fused-ring (bicyclic) bond motifs is 1. The number of benzene rings is 1. The number of rotatable bonds is 4. The summed E-state index contributed by atoms with van der Waals surface area (Å²) in [5, 5.41) is 10.7. The van der Waals surface area contributed by atoms with Crippen LogP contribution in [0.2, 0.25) is 5.02 Å². The number of aliphatic hydroxyl groups excluding tert-OH is 1. The smallest absolute Gasteiger partial charge is 0.179 e. The minimum atomic E-state index is -0.506. The average Bonchev–Trinajstić information content (AvgIpc) is 2.38. The van der Waals surface area contributed by atoms with Crippen LogP contribution in [0.25, 0.3) is 0 Å². The minimum absolute atomic E-state index is 0.479. The highest BCUT2D eigenvalue weighted by atomic mass is 35.5. The normalized spacial score (nSPS) is 17.3. The Morgan fingerprint density at radius 1 is 1.33 bits per heavy atom. The summed E-state index contributed by atoms with van der Waals surface area (Å²) < 4.78 is 11.0. The predicted molar refractivity (Wildman–Crippen MR) is 71.5 cm³/mol. The Labute approximate surface area is 113 Å². The van der Waals surface area contributed by atoms with Gasteiger partial charge in [-0.25, -0.2) is 0 Å². The van der Waals surface area contributed by atoms with Gasteiger partial charge >= 0.3 is 0 Å². The molecule has 0 fully saturated rings. The summed E-state index contributed by atoms with van der Waals surface area (Å²) in [6.45, 7) is 5.28. The Hall–Kier alpha value is -0.930. The van der Waals surface area contributed by atoms with E-state index in [1.165, 1.54) is 0 Å². The lowest BCUT2D eigenvalue weighted by atomic mass is 9.96. The second kappa shape index (κ2) is 5.81. The quantitative estimate of drug-likeness (QED) is 0.909. The third-order valence-electron chi connectivity index (χ3n) is 3.33. The Balaban J connectivity index is 2.21. The molecule has 4 heteroatoms. The van der Waals surface area contributed by atoms with Crippen LogP contribution in [0.4, 0.5) is 0 Å². The molecular formula is C14H19ClO3. The highest BCUT2D eigenvalue weighted by molar-refractivity contribution is 6.32. The lowest BCUT2D eigenvalue weighted by molar-refractivity contribution is 0.143. The number of halogens is 1. The van der Waals surface area contributed by atoms with Gasteiger partial charge in [0, 0.05) is 0 Å². The summed E-state index contributed by atoms with van der Waals surface area (Å²) in [6.07, 6.45) is 1.27. The molecule has 2 unspecified atom stereocenters. The van der Waals surface area contributed by atoms with Crippen LogP contribution in [0.1, 0.15) is 38.4 Å². The summed E-state index contributed by atoms with van der Waals surface area (Å²) in [6, 6.07) is 3.59. The Morgan fingerprint density at radius 2 is 2.06 bits per heavy atom. The Bertz CT molecular complexity index is 420. The van der Waals surface area contributed by atoms with Crippen molar-refractivity contribution >= 4 is 11.6 Å². The highest BCUT2D eigenvalue weighted by Gasteiger charge is 2.20. The second-order valence-electron chi connectivity index (χ2n) is 4.79. The standard InChI is InChI=1S/C14H19ClO3/c1-3-9(2)6-12(16)10-7-11(15)14-13(8-10)17-4-5-18-14/h7-9,12,16H,3-6H2,1-2H3.